The summed E-state index contributed by atoms with van der Waals surface area (Å²) >= 11 is 0. The molecule has 0 aliphatic carbocycles. The summed E-state index contributed by atoms with van der Waals surface area (Å²) in [6, 6.07) is 4.21. The van der Waals surface area contributed by atoms with E-state index in [2.05, 4.69) is 29.3 Å². The van der Waals surface area contributed by atoms with Crippen LogP contribution in [0.4, 0.5) is 0 Å². The predicted molar refractivity (Wildman–Crippen MR) is 74.9 cm³/mol. The SMILES string of the molecule is Cc1cc(C)c(OCCc2nnc(CCO)o2)c(C)c1. The van der Waals surface area contributed by atoms with Gasteiger partial charge in [0.2, 0.25) is 11.8 Å². The topological polar surface area (TPSA) is 68.4 Å². The monoisotopic (exact) mass is 276 g/mol. The Balaban J connectivity index is 1.92. The molecule has 1 heterocycles. The van der Waals surface area contributed by atoms with Crippen LogP contribution in [-0.4, -0.2) is 28.5 Å². The number of hydrogen-bond acceptors (Lipinski definition) is 5. The molecule has 20 heavy (non-hydrogen) atoms. The van der Waals surface area contributed by atoms with Crippen molar-refractivity contribution in [2.24, 2.45) is 0 Å². The first-order valence-electron chi connectivity index (χ1n) is 6.73. The summed E-state index contributed by atoms with van der Waals surface area (Å²) in [4.78, 5) is 0. The second-order valence-electron chi connectivity index (χ2n) is 4.89. The summed E-state index contributed by atoms with van der Waals surface area (Å²) in [6.07, 6.45) is 0.954. The van der Waals surface area contributed by atoms with E-state index < -0.39 is 0 Å². The van der Waals surface area contributed by atoms with Crippen molar-refractivity contribution < 1.29 is 14.3 Å². The van der Waals surface area contributed by atoms with E-state index >= 15 is 0 Å². The average Bonchev–Trinajstić information content (AvgIpc) is 2.81. The highest BCUT2D eigenvalue weighted by atomic mass is 16.5. The number of benzene rings is 1. The molecule has 0 unspecified atom stereocenters. The van der Waals surface area contributed by atoms with Gasteiger partial charge in [-0.15, -0.1) is 10.2 Å². The van der Waals surface area contributed by atoms with Crippen molar-refractivity contribution in [1.29, 1.82) is 0 Å². The summed E-state index contributed by atoms with van der Waals surface area (Å²) in [5.41, 5.74) is 3.50. The van der Waals surface area contributed by atoms with Crippen LogP contribution >= 0.6 is 0 Å². The van der Waals surface area contributed by atoms with Crippen molar-refractivity contribution in [1.82, 2.24) is 10.2 Å². The van der Waals surface area contributed by atoms with Gasteiger partial charge in [0.1, 0.15) is 5.75 Å². The minimum absolute atomic E-state index is 0.0138. The van der Waals surface area contributed by atoms with Crippen LogP contribution in [-0.2, 0) is 12.8 Å². The van der Waals surface area contributed by atoms with Crippen LogP contribution in [0.2, 0.25) is 0 Å². The lowest BCUT2D eigenvalue weighted by Crippen LogP contribution is -2.04. The predicted octanol–water partition coefficient (Wildman–Crippen LogP) is 2.15. The first-order valence-corrected chi connectivity index (χ1v) is 6.73. The minimum atomic E-state index is 0.0138. The fourth-order valence-corrected chi connectivity index (χ4v) is 2.22. The first kappa shape index (κ1) is 14.5. The maximum absolute atomic E-state index is 8.78. The number of nitrogens with zero attached hydrogens (tertiary/aromatic N) is 2. The second kappa shape index (κ2) is 6.52. The molecule has 1 aromatic heterocycles. The molecule has 0 atom stereocenters. The van der Waals surface area contributed by atoms with Gasteiger partial charge in [-0.25, -0.2) is 0 Å². The van der Waals surface area contributed by atoms with Gasteiger partial charge in [-0.1, -0.05) is 17.7 Å². The van der Waals surface area contributed by atoms with Gasteiger partial charge in [0.05, 0.1) is 19.6 Å². The van der Waals surface area contributed by atoms with Crippen LogP contribution in [0, 0.1) is 20.8 Å². The van der Waals surface area contributed by atoms with Gasteiger partial charge in [0.15, 0.2) is 0 Å². The maximum atomic E-state index is 8.78. The zero-order valence-corrected chi connectivity index (χ0v) is 12.1. The number of rotatable bonds is 6. The summed E-state index contributed by atoms with van der Waals surface area (Å²) in [6.45, 7) is 6.67. The lowest BCUT2D eigenvalue weighted by Gasteiger charge is -2.12. The molecule has 0 radical (unpaired) electrons. The quantitative estimate of drug-likeness (QED) is 0.875. The summed E-state index contributed by atoms with van der Waals surface area (Å²) < 4.78 is 11.2. The molecule has 2 rings (SSSR count). The number of hydrogen-bond donors (Lipinski definition) is 1. The summed E-state index contributed by atoms with van der Waals surface area (Å²) in [7, 11) is 0. The van der Waals surface area contributed by atoms with Crippen molar-refractivity contribution >= 4 is 0 Å². The maximum Gasteiger partial charge on any atom is 0.219 e. The Kier molecular flexibility index (Phi) is 4.74. The molecule has 5 nitrogen and oxygen atoms in total. The van der Waals surface area contributed by atoms with Gasteiger partial charge in [0, 0.05) is 6.42 Å². The molecule has 0 amide bonds. The van der Waals surface area contributed by atoms with E-state index in [4.69, 9.17) is 14.3 Å². The number of ether oxygens (including phenoxy) is 1. The Bertz CT molecular complexity index is 555. The van der Waals surface area contributed by atoms with Gasteiger partial charge in [-0.3, -0.25) is 0 Å². The van der Waals surface area contributed by atoms with E-state index in [-0.39, 0.29) is 6.61 Å². The van der Waals surface area contributed by atoms with Crippen molar-refractivity contribution in [2.45, 2.75) is 33.6 Å². The number of aliphatic hydroxyl groups excluding tert-OH is 1. The van der Waals surface area contributed by atoms with Gasteiger partial charge < -0.3 is 14.3 Å². The fourth-order valence-electron chi connectivity index (χ4n) is 2.22. The van der Waals surface area contributed by atoms with Gasteiger partial charge in [-0.2, -0.15) is 0 Å². The molecule has 0 saturated carbocycles. The zero-order chi connectivity index (χ0) is 14.5. The first-order chi connectivity index (χ1) is 9.60. The largest absolute Gasteiger partial charge is 0.493 e. The molecule has 5 heteroatoms. The van der Waals surface area contributed by atoms with Crippen molar-refractivity contribution in [3.05, 3.63) is 40.6 Å². The highest BCUT2D eigenvalue weighted by Gasteiger charge is 2.08. The van der Waals surface area contributed by atoms with E-state index in [1.807, 2.05) is 13.8 Å². The van der Waals surface area contributed by atoms with Gasteiger partial charge in [0.25, 0.3) is 0 Å². The molecule has 0 saturated heterocycles. The molecule has 0 aliphatic heterocycles. The third-order valence-electron chi connectivity index (χ3n) is 3.00. The standard InChI is InChI=1S/C15H20N2O3/c1-10-8-11(2)15(12(3)9-10)19-7-5-14-17-16-13(20-14)4-6-18/h8-9,18H,4-7H2,1-3H3. The summed E-state index contributed by atoms with van der Waals surface area (Å²) in [5.74, 6) is 1.92. The Morgan fingerprint density at radius 2 is 1.65 bits per heavy atom. The number of aromatic nitrogens is 2. The van der Waals surface area contributed by atoms with Crippen LogP contribution in [0.1, 0.15) is 28.5 Å². The number of aryl methyl sites for hydroxylation is 3. The van der Waals surface area contributed by atoms with Crippen molar-refractivity contribution in [3.63, 3.8) is 0 Å². The molecule has 2 aromatic rings. The molecule has 1 N–H and O–H groups in total. The van der Waals surface area contributed by atoms with E-state index in [0.717, 1.165) is 16.9 Å². The molecule has 0 aliphatic rings. The number of aliphatic hydroxyl groups is 1. The van der Waals surface area contributed by atoms with Crippen LogP contribution in [0.5, 0.6) is 5.75 Å². The average molecular weight is 276 g/mol. The molecule has 108 valence electrons. The molecular formula is C15H20N2O3. The van der Waals surface area contributed by atoms with E-state index in [0.29, 0.717) is 31.2 Å². The zero-order valence-electron chi connectivity index (χ0n) is 12.1. The Morgan fingerprint density at radius 1 is 1.05 bits per heavy atom. The lowest BCUT2D eigenvalue weighted by atomic mass is 10.1. The van der Waals surface area contributed by atoms with Crippen LogP contribution in [0.15, 0.2) is 16.5 Å². The normalized spacial score (nSPS) is 10.8. The van der Waals surface area contributed by atoms with Crippen molar-refractivity contribution in [3.8, 4) is 5.75 Å². The van der Waals surface area contributed by atoms with Crippen LogP contribution in [0.25, 0.3) is 0 Å². The van der Waals surface area contributed by atoms with Crippen LogP contribution < -0.4 is 4.74 Å². The Labute approximate surface area is 118 Å². The highest BCUT2D eigenvalue weighted by Crippen LogP contribution is 2.24. The Morgan fingerprint density at radius 3 is 2.25 bits per heavy atom. The molecule has 0 spiro atoms. The lowest BCUT2D eigenvalue weighted by molar-refractivity contribution is 0.277. The molecule has 1 aromatic carbocycles. The molecular weight excluding hydrogens is 256 g/mol. The smallest absolute Gasteiger partial charge is 0.219 e. The fraction of sp³-hybridized carbons (Fsp3) is 0.467. The van der Waals surface area contributed by atoms with E-state index in [1.165, 1.54) is 5.56 Å². The van der Waals surface area contributed by atoms with Gasteiger partial charge >= 0.3 is 0 Å². The Hall–Kier alpha value is -1.88. The van der Waals surface area contributed by atoms with Crippen molar-refractivity contribution in [2.75, 3.05) is 13.2 Å². The molecule has 0 bridgehead atoms. The van der Waals surface area contributed by atoms with E-state index in [1.54, 1.807) is 0 Å². The van der Waals surface area contributed by atoms with Crippen LogP contribution in [0.3, 0.4) is 0 Å². The second-order valence-corrected chi connectivity index (χ2v) is 4.89. The van der Waals surface area contributed by atoms with E-state index in [9.17, 15) is 0 Å². The van der Waals surface area contributed by atoms with Gasteiger partial charge in [-0.05, 0) is 31.9 Å². The third kappa shape index (κ3) is 3.57. The highest BCUT2D eigenvalue weighted by molar-refractivity contribution is 5.42. The molecule has 0 fully saturated rings. The minimum Gasteiger partial charge on any atom is -0.493 e. The third-order valence-corrected chi connectivity index (χ3v) is 3.00. The summed E-state index contributed by atoms with van der Waals surface area (Å²) in [5, 5.41) is 16.5.